The Bertz CT molecular complexity index is 698. The summed E-state index contributed by atoms with van der Waals surface area (Å²) < 4.78 is 5.89. The van der Waals surface area contributed by atoms with Crippen LogP contribution in [0.2, 0.25) is 0 Å². The second kappa shape index (κ2) is 6.54. The largest absolute Gasteiger partial charge is 0.497 e. The predicted molar refractivity (Wildman–Crippen MR) is 84.9 cm³/mol. The number of carbonyl (C=O) groups is 2. The molecule has 4 nitrogen and oxygen atoms in total. The van der Waals surface area contributed by atoms with Gasteiger partial charge in [0.05, 0.1) is 12.8 Å². The summed E-state index contributed by atoms with van der Waals surface area (Å²) in [6.45, 7) is 1.40. The molecule has 0 spiro atoms. The molecule has 2 rings (SSSR count). The molecule has 108 valence electrons. The van der Waals surface area contributed by atoms with Gasteiger partial charge in [0.1, 0.15) is 5.75 Å². The van der Waals surface area contributed by atoms with Crippen molar-refractivity contribution in [1.29, 1.82) is 0 Å². The standard InChI is InChI=1S/C16H14BrNO3/c1-10(19)18-15-7-6-12(17)9-14(15)16(20)11-4-3-5-13(8-11)21-2/h3-9H,1-2H3,(H,18,19). The van der Waals surface area contributed by atoms with Crippen molar-refractivity contribution in [3.8, 4) is 5.75 Å². The summed E-state index contributed by atoms with van der Waals surface area (Å²) in [6.07, 6.45) is 0. The molecule has 0 fully saturated rings. The van der Waals surface area contributed by atoms with E-state index in [9.17, 15) is 9.59 Å². The first-order valence-electron chi connectivity index (χ1n) is 6.27. The summed E-state index contributed by atoms with van der Waals surface area (Å²) in [7, 11) is 1.55. The van der Waals surface area contributed by atoms with E-state index in [-0.39, 0.29) is 11.7 Å². The van der Waals surface area contributed by atoms with Crippen LogP contribution >= 0.6 is 15.9 Å². The van der Waals surface area contributed by atoms with E-state index >= 15 is 0 Å². The second-order valence-electron chi connectivity index (χ2n) is 4.43. The molecule has 2 aromatic rings. The van der Waals surface area contributed by atoms with Crippen molar-refractivity contribution in [3.05, 3.63) is 58.1 Å². The van der Waals surface area contributed by atoms with Gasteiger partial charge in [-0.1, -0.05) is 28.1 Å². The highest BCUT2D eigenvalue weighted by Gasteiger charge is 2.15. The molecular formula is C16H14BrNO3. The van der Waals surface area contributed by atoms with Gasteiger partial charge in [0.15, 0.2) is 5.78 Å². The monoisotopic (exact) mass is 347 g/mol. The van der Waals surface area contributed by atoms with Crippen LogP contribution in [0.3, 0.4) is 0 Å². The number of halogens is 1. The van der Waals surface area contributed by atoms with Crippen molar-refractivity contribution in [2.75, 3.05) is 12.4 Å². The number of amides is 1. The number of ether oxygens (including phenoxy) is 1. The van der Waals surface area contributed by atoms with Gasteiger partial charge in [-0.2, -0.15) is 0 Å². The van der Waals surface area contributed by atoms with Crippen LogP contribution in [0, 0.1) is 0 Å². The number of anilines is 1. The normalized spacial score (nSPS) is 10.0. The van der Waals surface area contributed by atoms with Crippen LogP contribution in [0.5, 0.6) is 5.75 Å². The molecule has 21 heavy (non-hydrogen) atoms. The van der Waals surface area contributed by atoms with Crippen molar-refractivity contribution in [1.82, 2.24) is 0 Å². The highest BCUT2D eigenvalue weighted by molar-refractivity contribution is 9.10. The lowest BCUT2D eigenvalue weighted by Gasteiger charge is -2.10. The molecule has 0 saturated heterocycles. The molecule has 5 heteroatoms. The first-order chi connectivity index (χ1) is 10.0. The zero-order chi connectivity index (χ0) is 15.4. The summed E-state index contributed by atoms with van der Waals surface area (Å²) >= 11 is 3.34. The van der Waals surface area contributed by atoms with Gasteiger partial charge in [-0.3, -0.25) is 9.59 Å². The number of hydrogen-bond acceptors (Lipinski definition) is 3. The maximum Gasteiger partial charge on any atom is 0.221 e. The van der Waals surface area contributed by atoms with Gasteiger partial charge in [-0.15, -0.1) is 0 Å². The van der Waals surface area contributed by atoms with E-state index in [1.54, 1.807) is 49.6 Å². The van der Waals surface area contributed by atoms with E-state index in [4.69, 9.17) is 4.74 Å². The minimum atomic E-state index is -0.225. The number of hydrogen-bond donors (Lipinski definition) is 1. The fourth-order valence-electron chi connectivity index (χ4n) is 1.92. The molecule has 0 bridgehead atoms. The molecule has 0 aliphatic heterocycles. The number of carbonyl (C=O) groups excluding carboxylic acids is 2. The van der Waals surface area contributed by atoms with E-state index in [0.29, 0.717) is 22.6 Å². The average Bonchev–Trinajstić information content (AvgIpc) is 2.48. The molecule has 0 saturated carbocycles. The van der Waals surface area contributed by atoms with Crippen molar-refractivity contribution >= 4 is 33.3 Å². The van der Waals surface area contributed by atoms with Gasteiger partial charge in [-0.05, 0) is 30.3 Å². The zero-order valence-electron chi connectivity index (χ0n) is 11.6. The van der Waals surface area contributed by atoms with Crippen LogP contribution in [-0.2, 0) is 4.79 Å². The Morgan fingerprint density at radius 3 is 2.57 bits per heavy atom. The van der Waals surface area contributed by atoms with Gasteiger partial charge in [0.25, 0.3) is 0 Å². The minimum absolute atomic E-state index is 0.182. The van der Waals surface area contributed by atoms with Gasteiger partial charge >= 0.3 is 0 Å². The summed E-state index contributed by atoms with van der Waals surface area (Å²) in [5.41, 5.74) is 1.41. The SMILES string of the molecule is COc1cccc(C(=O)c2cc(Br)ccc2NC(C)=O)c1. The smallest absolute Gasteiger partial charge is 0.221 e. The maximum absolute atomic E-state index is 12.6. The molecule has 0 unspecified atom stereocenters. The van der Waals surface area contributed by atoms with Crippen LogP contribution in [0.15, 0.2) is 46.9 Å². The van der Waals surface area contributed by atoms with Crippen LogP contribution in [0.1, 0.15) is 22.8 Å². The summed E-state index contributed by atoms with van der Waals surface area (Å²) in [5, 5.41) is 2.67. The molecule has 1 N–H and O–H groups in total. The molecule has 0 atom stereocenters. The first kappa shape index (κ1) is 15.3. The Morgan fingerprint density at radius 2 is 1.90 bits per heavy atom. The summed E-state index contributed by atoms with van der Waals surface area (Å²) in [5.74, 6) is 0.202. The molecule has 0 aliphatic carbocycles. The van der Waals surface area contributed by atoms with Gasteiger partial charge in [-0.25, -0.2) is 0 Å². The number of methoxy groups -OCH3 is 1. The molecule has 0 radical (unpaired) electrons. The predicted octanol–water partition coefficient (Wildman–Crippen LogP) is 3.65. The molecule has 0 heterocycles. The lowest BCUT2D eigenvalue weighted by atomic mass is 10.0. The molecule has 2 aromatic carbocycles. The average molecular weight is 348 g/mol. The van der Waals surface area contributed by atoms with Crippen molar-refractivity contribution in [3.63, 3.8) is 0 Å². The van der Waals surface area contributed by atoms with Crippen LogP contribution in [0.25, 0.3) is 0 Å². The summed E-state index contributed by atoms with van der Waals surface area (Å²) in [4.78, 5) is 23.9. The highest BCUT2D eigenvalue weighted by atomic mass is 79.9. The fourth-order valence-corrected chi connectivity index (χ4v) is 2.28. The first-order valence-corrected chi connectivity index (χ1v) is 7.06. The Morgan fingerprint density at radius 1 is 1.14 bits per heavy atom. The van der Waals surface area contributed by atoms with Gasteiger partial charge in [0, 0.05) is 22.5 Å². The third-order valence-electron chi connectivity index (χ3n) is 2.87. The number of nitrogens with one attached hydrogen (secondary N) is 1. The minimum Gasteiger partial charge on any atom is -0.497 e. The van der Waals surface area contributed by atoms with Gasteiger partial charge < -0.3 is 10.1 Å². The van der Waals surface area contributed by atoms with E-state index in [2.05, 4.69) is 21.2 Å². The Kier molecular flexibility index (Phi) is 4.75. The number of ketones is 1. The third-order valence-corrected chi connectivity index (χ3v) is 3.36. The van der Waals surface area contributed by atoms with E-state index in [1.165, 1.54) is 6.92 Å². The lowest BCUT2D eigenvalue weighted by Crippen LogP contribution is -2.11. The topological polar surface area (TPSA) is 55.4 Å². The fraction of sp³-hybridized carbons (Fsp3) is 0.125. The second-order valence-corrected chi connectivity index (χ2v) is 5.35. The van der Waals surface area contributed by atoms with Crippen molar-refractivity contribution in [2.24, 2.45) is 0 Å². The Hall–Kier alpha value is -2.14. The molecule has 0 aromatic heterocycles. The quantitative estimate of drug-likeness (QED) is 0.859. The maximum atomic E-state index is 12.6. The van der Waals surface area contributed by atoms with E-state index < -0.39 is 0 Å². The van der Waals surface area contributed by atoms with Crippen LogP contribution < -0.4 is 10.1 Å². The van der Waals surface area contributed by atoms with Crippen LogP contribution in [0.4, 0.5) is 5.69 Å². The zero-order valence-corrected chi connectivity index (χ0v) is 13.2. The van der Waals surface area contributed by atoms with Crippen LogP contribution in [-0.4, -0.2) is 18.8 Å². The number of benzene rings is 2. The van der Waals surface area contributed by atoms with E-state index in [0.717, 1.165) is 4.47 Å². The Balaban J connectivity index is 2.46. The summed E-state index contributed by atoms with van der Waals surface area (Å²) in [6, 6.07) is 12.1. The Labute approximate surface area is 131 Å². The van der Waals surface area contributed by atoms with Crippen molar-refractivity contribution in [2.45, 2.75) is 6.92 Å². The highest BCUT2D eigenvalue weighted by Crippen LogP contribution is 2.25. The molecular weight excluding hydrogens is 334 g/mol. The van der Waals surface area contributed by atoms with Gasteiger partial charge in [0.2, 0.25) is 5.91 Å². The lowest BCUT2D eigenvalue weighted by molar-refractivity contribution is -0.114. The van der Waals surface area contributed by atoms with Crippen molar-refractivity contribution < 1.29 is 14.3 Å². The third kappa shape index (κ3) is 3.70. The van der Waals surface area contributed by atoms with E-state index in [1.807, 2.05) is 0 Å². The number of rotatable bonds is 4. The molecule has 0 aliphatic rings. The molecule has 1 amide bonds.